The number of nitrogens with one attached hydrogen (secondary N) is 1. The number of anilines is 1. The van der Waals surface area contributed by atoms with Gasteiger partial charge in [-0.05, 0) is 64.7 Å². The van der Waals surface area contributed by atoms with Crippen LogP contribution in [0.1, 0.15) is 16.7 Å². The third-order valence-electron chi connectivity index (χ3n) is 4.98. The molecule has 5 heteroatoms. The minimum Gasteiger partial charge on any atom is -0.486 e. The van der Waals surface area contributed by atoms with Crippen molar-refractivity contribution >= 4 is 55.6 Å². The van der Waals surface area contributed by atoms with Crippen molar-refractivity contribution in [3.63, 3.8) is 0 Å². The van der Waals surface area contributed by atoms with Crippen molar-refractivity contribution in [2.24, 2.45) is 0 Å². The fraction of sp³-hybridized carbons (Fsp3) is 0.120. The second kappa shape index (κ2) is 9.30. The molecular weight excluding hydrogens is 481 g/mol. The van der Waals surface area contributed by atoms with E-state index in [0.29, 0.717) is 28.9 Å². The van der Waals surface area contributed by atoms with Gasteiger partial charge in [0.15, 0.2) is 5.75 Å². The standard InChI is InChI=1S/C25H20BrCl2NO/c1-16-11-20(26)9-10-24(16)29-14-17-12-22(27)25(23(28)13-17)30-15-19-7-4-6-18-5-2-3-8-21(18)19/h2-13,29H,14-15H2,1H3. The number of hydrogen-bond acceptors (Lipinski definition) is 2. The summed E-state index contributed by atoms with van der Waals surface area (Å²) in [6.45, 7) is 3.08. The van der Waals surface area contributed by atoms with Crippen molar-refractivity contribution in [3.8, 4) is 5.75 Å². The Morgan fingerprint density at radius 3 is 2.40 bits per heavy atom. The van der Waals surface area contributed by atoms with E-state index in [1.165, 1.54) is 5.39 Å². The molecule has 0 amide bonds. The summed E-state index contributed by atoms with van der Waals surface area (Å²) >= 11 is 16.5. The molecule has 4 rings (SSSR count). The molecule has 0 atom stereocenters. The summed E-state index contributed by atoms with van der Waals surface area (Å²) in [5.74, 6) is 0.509. The molecule has 152 valence electrons. The largest absolute Gasteiger partial charge is 0.486 e. The molecule has 0 saturated carbocycles. The molecule has 2 nitrogen and oxygen atoms in total. The summed E-state index contributed by atoms with van der Waals surface area (Å²) in [6, 6.07) is 24.4. The molecular formula is C25H20BrCl2NO. The predicted octanol–water partition coefficient (Wildman–Crippen LogP) is 8.41. The van der Waals surface area contributed by atoms with Crippen LogP contribution in [0.4, 0.5) is 5.69 Å². The molecule has 0 aliphatic rings. The lowest BCUT2D eigenvalue weighted by molar-refractivity contribution is 0.308. The first-order chi connectivity index (χ1) is 14.5. The van der Waals surface area contributed by atoms with Gasteiger partial charge in [0.25, 0.3) is 0 Å². The summed E-state index contributed by atoms with van der Waals surface area (Å²) in [5, 5.41) is 6.79. The van der Waals surface area contributed by atoms with Gasteiger partial charge >= 0.3 is 0 Å². The molecule has 0 spiro atoms. The van der Waals surface area contributed by atoms with Crippen molar-refractivity contribution in [1.82, 2.24) is 0 Å². The number of ether oxygens (including phenoxy) is 1. The van der Waals surface area contributed by atoms with Crippen molar-refractivity contribution in [2.45, 2.75) is 20.1 Å². The molecule has 0 bridgehead atoms. The van der Waals surface area contributed by atoms with Crippen molar-refractivity contribution in [2.75, 3.05) is 5.32 Å². The van der Waals surface area contributed by atoms with E-state index in [0.717, 1.165) is 32.2 Å². The fourth-order valence-electron chi connectivity index (χ4n) is 3.44. The molecule has 4 aromatic carbocycles. The Morgan fingerprint density at radius 2 is 1.63 bits per heavy atom. The summed E-state index contributed by atoms with van der Waals surface area (Å²) in [4.78, 5) is 0. The molecule has 0 aliphatic heterocycles. The zero-order chi connectivity index (χ0) is 21.1. The smallest absolute Gasteiger partial charge is 0.156 e. The second-order valence-electron chi connectivity index (χ2n) is 7.13. The summed E-state index contributed by atoms with van der Waals surface area (Å²) in [5.41, 5.74) is 4.32. The van der Waals surface area contributed by atoms with E-state index in [4.69, 9.17) is 27.9 Å². The van der Waals surface area contributed by atoms with Crippen LogP contribution in [-0.2, 0) is 13.2 Å². The van der Waals surface area contributed by atoms with Gasteiger partial charge in [0.1, 0.15) is 6.61 Å². The Labute approximate surface area is 194 Å². The summed E-state index contributed by atoms with van der Waals surface area (Å²) in [7, 11) is 0. The Morgan fingerprint density at radius 1 is 0.900 bits per heavy atom. The maximum atomic E-state index is 6.51. The van der Waals surface area contributed by atoms with Crippen LogP contribution < -0.4 is 10.1 Å². The van der Waals surface area contributed by atoms with Gasteiger partial charge in [0.05, 0.1) is 10.0 Å². The molecule has 0 aliphatic carbocycles. The van der Waals surface area contributed by atoms with E-state index < -0.39 is 0 Å². The average molecular weight is 501 g/mol. The van der Waals surface area contributed by atoms with Gasteiger partial charge in [-0.15, -0.1) is 0 Å². The van der Waals surface area contributed by atoms with Crippen LogP contribution in [0.15, 0.2) is 77.3 Å². The maximum Gasteiger partial charge on any atom is 0.156 e. The highest BCUT2D eigenvalue weighted by molar-refractivity contribution is 9.10. The van der Waals surface area contributed by atoms with Crippen LogP contribution in [0, 0.1) is 6.92 Å². The molecule has 30 heavy (non-hydrogen) atoms. The Balaban J connectivity index is 1.48. The third kappa shape index (κ3) is 4.75. The topological polar surface area (TPSA) is 21.3 Å². The lowest BCUT2D eigenvalue weighted by Gasteiger charge is -2.14. The van der Waals surface area contributed by atoms with Gasteiger partial charge in [-0.2, -0.15) is 0 Å². The minimum atomic E-state index is 0.399. The molecule has 0 radical (unpaired) electrons. The number of fused-ring (bicyclic) bond motifs is 1. The minimum absolute atomic E-state index is 0.399. The number of rotatable bonds is 6. The zero-order valence-electron chi connectivity index (χ0n) is 16.4. The van der Waals surface area contributed by atoms with E-state index in [2.05, 4.69) is 58.5 Å². The SMILES string of the molecule is Cc1cc(Br)ccc1NCc1cc(Cl)c(OCc2cccc3ccccc23)c(Cl)c1. The van der Waals surface area contributed by atoms with Gasteiger partial charge < -0.3 is 10.1 Å². The molecule has 4 aromatic rings. The molecule has 1 N–H and O–H groups in total. The van der Waals surface area contributed by atoms with Crippen LogP contribution >= 0.6 is 39.1 Å². The third-order valence-corrected chi connectivity index (χ3v) is 6.04. The quantitative estimate of drug-likeness (QED) is 0.287. The number of halogens is 3. The maximum absolute atomic E-state index is 6.51. The zero-order valence-corrected chi connectivity index (χ0v) is 19.5. The summed E-state index contributed by atoms with van der Waals surface area (Å²) < 4.78 is 7.08. The second-order valence-corrected chi connectivity index (χ2v) is 8.86. The first kappa shape index (κ1) is 21.0. The number of hydrogen-bond donors (Lipinski definition) is 1. The first-order valence-electron chi connectivity index (χ1n) is 9.58. The van der Waals surface area contributed by atoms with Gasteiger partial charge in [-0.1, -0.05) is 81.6 Å². The average Bonchev–Trinajstić information content (AvgIpc) is 2.72. The molecule has 0 unspecified atom stereocenters. The van der Waals surface area contributed by atoms with E-state index >= 15 is 0 Å². The highest BCUT2D eigenvalue weighted by Crippen LogP contribution is 2.35. The molecule has 0 heterocycles. The van der Waals surface area contributed by atoms with Crippen LogP contribution in [0.2, 0.25) is 10.0 Å². The van der Waals surface area contributed by atoms with Gasteiger partial charge in [-0.25, -0.2) is 0 Å². The van der Waals surface area contributed by atoms with Gasteiger partial charge in [-0.3, -0.25) is 0 Å². The van der Waals surface area contributed by atoms with E-state index in [1.54, 1.807) is 0 Å². The van der Waals surface area contributed by atoms with Crippen LogP contribution in [-0.4, -0.2) is 0 Å². The van der Waals surface area contributed by atoms with Crippen molar-refractivity contribution in [1.29, 1.82) is 0 Å². The predicted molar refractivity (Wildman–Crippen MR) is 131 cm³/mol. The number of benzene rings is 4. The van der Waals surface area contributed by atoms with Crippen molar-refractivity contribution in [3.05, 3.63) is 104 Å². The van der Waals surface area contributed by atoms with E-state index in [9.17, 15) is 0 Å². The molecule has 0 fully saturated rings. The highest BCUT2D eigenvalue weighted by Gasteiger charge is 2.11. The van der Waals surface area contributed by atoms with Gasteiger partial charge in [0, 0.05) is 16.7 Å². The number of aryl methyl sites for hydroxylation is 1. The van der Waals surface area contributed by atoms with Crippen LogP contribution in [0.25, 0.3) is 10.8 Å². The van der Waals surface area contributed by atoms with Crippen LogP contribution in [0.3, 0.4) is 0 Å². The first-order valence-corrected chi connectivity index (χ1v) is 11.1. The Kier molecular flexibility index (Phi) is 6.52. The van der Waals surface area contributed by atoms with Gasteiger partial charge in [0.2, 0.25) is 0 Å². The normalized spacial score (nSPS) is 10.9. The lowest BCUT2D eigenvalue weighted by atomic mass is 10.1. The fourth-order valence-corrected chi connectivity index (χ4v) is 4.56. The highest BCUT2D eigenvalue weighted by atomic mass is 79.9. The lowest BCUT2D eigenvalue weighted by Crippen LogP contribution is -2.02. The monoisotopic (exact) mass is 499 g/mol. The van der Waals surface area contributed by atoms with Crippen molar-refractivity contribution < 1.29 is 4.74 Å². The summed E-state index contributed by atoms with van der Waals surface area (Å²) in [6.07, 6.45) is 0. The van der Waals surface area contributed by atoms with E-state index in [1.807, 2.05) is 42.5 Å². The molecule has 0 aromatic heterocycles. The molecule has 0 saturated heterocycles. The Bertz CT molecular complexity index is 1180. The van der Waals surface area contributed by atoms with Crippen LogP contribution in [0.5, 0.6) is 5.75 Å². The Hall–Kier alpha value is -2.20. The van der Waals surface area contributed by atoms with E-state index in [-0.39, 0.29) is 0 Å².